The van der Waals surface area contributed by atoms with Crippen molar-refractivity contribution in [1.29, 1.82) is 0 Å². The molecular formula is C19H28O3. The van der Waals surface area contributed by atoms with E-state index < -0.39 is 0 Å². The van der Waals surface area contributed by atoms with Gasteiger partial charge in [-0.2, -0.15) is 0 Å². The molecule has 7 aliphatic carbocycles. The van der Waals surface area contributed by atoms with Crippen molar-refractivity contribution >= 4 is 5.97 Å². The van der Waals surface area contributed by atoms with Crippen LogP contribution in [0.2, 0.25) is 0 Å². The lowest BCUT2D eigenvalue weighted by molar-refractivity contribution is -0.315. The zero-order chi connectivity index (χ0) is 15.2. The van der Waals surface area contributed by atoms with Gasteiger partial charge >= 0.3 is 5.97 Å². The number of hydrogen-bond donors (Lipinski definition) is 1. The van der Waals surface area contributed by atoms with Crippen molar-refractivity contribution in [2.75, 3.05) is 0 Å². The molecule has 3 heteroatoms. The van der Waals surface area contributed by atoms with Crippen LogP contribution >= 0.6 is 0 Å². The van der Waals surface area contributed by atoms with Crippen LogP contribution in [0.3, 0.4) is 0 Å². The second-order valence-electron chi connectivity index (χ2n) is 9.09. The molecule has 1 N–H and O–H groups in total. The third kappa shape index (κ3) is 1.50. The highest BCUT2D eigenvalue weighted by Gasteiger charge is 2.72. The largest absolute Gasteiger partial charge is 0.462 e. The van der Waals surface area contributed by atoms with Crippen LogP contribution in [0.15, 0.2) is 0 Å². The molecular weight excluding hydrogens is 276 g/mol. The first-order chi connectivity index (χ1) is 10.5. The van der Waals surface area contributed by atoms with Gasteiger partial charge in [0.15, 0.2) is 0 Å². The fourth-order valence-corrected chi connectivity index (χ4v) is 7.48. The van der Waals surface area contributed by atoms with Crippen LogP contribution in [0, 0.1) is 47.3 Å². The van der Waals surface area contributed by atoms with Gasteiger partial charge in [-0.1, -0.05) is 13.8 Å². The maximum absolute atomic E-state index is 12.4. The highest BCUT2D eigenvalue weighted by Crippen LogP contribution is 2.72. The van der Waals surface area contributed by atoms with E-state index in [1.165, 1.54) is 12.8 Å². The summed E-state index contributed by atoms with van der Waals surface area (Å²) in [5.74, 6) is 4.14. The van der Waals surface area contributed by atoms with Gasteiger partial charge in [-0.15, -0.1) is 0 Å². The lowest BCUT2D eigenvalue weighted by atomic mass is 9.33. The van der Waals surface area contributed by atoms with E-state index in [-0.39, 0.29) is 23.6 Å². The molecule has 0 amide bonds. The average Bonchev–Trinajstić information content (AvgIpc) is 2.51. The molecule has 22 heavy (non-hydrogen) atoms. The summed E-state index contributed by atoms with van der Waals surface area (Å²) in [6.07, 6.45) is 6.86. The van der Waals surface area contributed by atoms with E-state index in [1.807, 2.05) is 6.92 Å². The molecule has 7 rings (SSSR count). The van der Waals surface area contributed by atoms with Crippen LogP contribution < -0.4 is 0 Å². The van der Waals surface area contributed by atoms with E-state index in [4.69, 9.17) is 4.74 Å². The quantitative estimate of drug-likeness (QED) is 0.815. The van der Waals surface area contributed by atoms with E-state index in [1.54, 1.807) is 0 Å². The van der Waals surface area contributed by atoms with Gasteiger partial charge in [-0.3, -0.25) is 4.79 Å². The Hall–Kier alpha value is -0.570. The van der Waals surface area contributed by atoms with E-state index in [2.05, 4.69) is 6.92 Å². The fraction of sp³-hybridized carbons (Fsp3) is 0.947. The molecule has 7 fully saturated rings. The maximum Gasteiger partial charge on any atom is 0.308 e. The summed E-state index contributed by atoms with van der Waals surface area (Å²) >= 11 is 0. The normalized spacial score (nSPS) is 58.1. The Morgan fingerprint density at radius 1 is 1.23 bits per heavy atom. The van der Waals surface area contributed by atoms with Crippen LogP contribution in [0.5, 0.6) is 0 Å². The van der Waals surface area contributed by atoms with E-state index >= 15 is 0 Å². The highest BCUT2D eigenvalue weighted by atomic mass is 16.5. The first-order valence-electron chi connectivity index (χ1n) is 9.45. The van der Waals surface area contributed by atoms with Gasteiger partial charge < -0.3 is 9.84 Å². The summed E-state index contributed by atoms with van der Waals surface area (Å²) in [7, 11) is 0. The Kier molecular flexibility index (Phi) is 2.69. The Balaban J connectivity index is 1.46. The lowest BCUT2D eigenvalue weighted by Crippen LogP contribution is -2.74. The van der Waals surface area contributed by atoms with Crippen molar-refractivity contribution in [3.63, 3.8) is 0 Å². The van der Waals surface area contributed by atoms with Crippen LogP contribution in [0.1, 0.15) is 52.4 Å². The topological polar surface area (TPSA) is 46.5 Å². The number of hydrogen-bond acceptors (Lipinski definition) is 3. The standard InChI is InChI=1S/C19H28O3/c1-3-9(2)18(20)22-17-11-6-14-12-4-10-5-13(16(12)17)15(7-11)19(14,21)8-10/h9-17,21H,3-8H2,1-2H3. The molecule has 0 radical (unpaired) electrons. The monoisotopic (exact) mass is 304 g/mol. The number of ether oxygens (including phenoxy) is 1. The molecule has 0 heterocycles. The molecule has 0 aromatic rings. The lowest BCUT2D eigenvalue weighted by Gasteiger charge is -2.73. The SMILES string of the molecule is CCC(C)C(=O)OC1C2CC3C4CC5CC(C41)C(C2)C3(O)C5. The van der Waals surface area contributed by atoms with Crippen LogP contribution in [-0.4, -0.2) is 22.8 Å². The van der Waals surface area contributed by atoms with Gasteiger partial charge in [0, 0.05) is 5.92 Å². The number of aliphatic hydroxyl groups is 1. The summed E-state index contributed by atoms with van der Waals surface area (Å²) in [5.41, 5.74) is -0.352. The smallest absolute Gasteiger partial charge is 0.308 e. The molecule has 7 aliphatic rings. The molecule has 3 nitrogen and oxygen atoms in total. The molecule has 0 aliphatic heterocycles. The molecule has 6 atom stereocenters. The molecule has 0 aromatic carbocycles. The summed E-state index contributed by atoms with van der Waals surface area (Å²) in [4.78, 5) is 12.4. The van der Waals surface area contributed by atoms with Gasteiger partial charge in [0.1, 0.15) is 6.10 Å². The first kappa shape index (κ1) is 13.8. The fourth-order valence-electron chi connectivity index (χ4n) is 7.48. The van der Waals surface area contributed by atoms with Crippen LogP contribution in [0.25, 0.3) is 0 Å². The van der Waals surface area contributed by atoms with E-state index in [0.717, 1.165) is 31.6 Å². The predicted octanol–water partition coefficient (Wildman–Crippen LogP) is 3.01. The van der Waals surface area contributed by atoms with Gasteiger partial charge in [-0.05, 0) is 74.0 Å². The van der Waals surface area contributed by atoms with Crippen LogP contribution in [0.4, 0.5) is 0 Å². The predicted molar refractivity (Wildman–Crippen MR) is 81.8 cm³/mol. The number of esters is 1. The minimum atomic E-state index is -0.352. The molecule has 0 aromatic heterocycles. The molecule has 0 saturated heterocycles. The third-order valence-corrected chi connectivity index (χ3v) is 8.36. The molecule has 7 saturated carbocycles. The Morgan fingerprint density at radius 2 is 1.86 bits per heavy atom. The van der Waals surface area contributed by atoms with Gasteiger partial charge in [0.25, 0.3) is 0 Å². The number of carbonyl (C=O) groups is 1. The Morgan fingerprint density at radius 3 is 2.45 bits per heavy atom. The molecule has 0 spiro atoms. The number of carbonyl (C=O) groups excluding carboxylic acids is 1. The van der Waals surface area contributed by atoms with Crippen molar-refractivity contribution < 1.29 is 14.6 Å². The van der Waals surface area contributed by atoms with Crippen molar-refractivity contribution in [2.45, 2.75) is 64.1 Å². The van der Waals surface area contributed by atoms with Gasteiger partial charge in [0.2, 0.25) is 0 Å². The summed E-state index contributed by atoms with van der Waals surface area (Å²) in [6.45, 7) is 4.04. The first-order valence-corrected chi connectivity index (χ1v) is 9.45. The third-order valence-electron chi connectivity index (χ3n) is 8.36. The minimum Gasteiger partial charge on any atom is -0.462 e. The summed E-state index contributed by atoms with van der Waals surface area (Å²) in [5, 5.41) is 11.3. The second kappa shape index (κ2) is 4.28. The van der Waals surface area contributed by atoms with Gasteiger partial charge in [0.05, 0.1) is 11.5 Å². The van der Waals surface area contributed by atoms with Gasteiger partial charge in [-0.25, -0.2) is 0 Å². The summed E-state index contributed by atoms with van der Waals surface area (Å²) < 4.78 is 6.08. The van der Waals surface area contributed by atoms with Crippen molar-refractivity contribution in [1.82, 2.24) is 0 Å². The van der Waals surface area contributed by atoms with Crippen molar-refractivity contribution in [2.24, 2.45) is 47.3 Å². The van der Waals surface area contributed by atoms with Crippen LogP contribution in [-0.2, 0) is 9.53 Å². The zero-order valence-corrected chi connectivity index (χ0v) is 13.7. The Bertz CT molecular complexity index is 491. The average molecular weight is 304 g/mol. The molecule has 6 unspecified atom stereocenters. The molecule has 8 bridgehead atoms. The maximum atomic E-state index is 12.4. The number of rotatable bonds is 3. The van der Waals surface area contributed by atoms with Crippen molar-refractivity contribution in [3.05, 3.63) is 0 Å². The minimum absolute atomic E-state index is 0.0157. The zero-order valence-electron chi connectivity index (χ0n) is 13.7. The Labute approximate surface area is 132 Å². The van der Waals surface area contributed by atoms with E-state index in [0.29, 0.717) is 35.5 Å². The summed E-state index contributed by atoms with van der Waals surface area (Å²) in [6, 6.07) is 0. The second-order valence-corrected chi connectivity index (χ2v) is 9.09. The molecule has 122 valence electrons. The van der Waals surface area contributed by atoms with E-state index in [9.17, 15) is 9.90 Å². The highest BCUT2D eigenvalue weighted by molar-refractivity contribution is 5.72. The van der Waals surface area contributed by atoms with Crippen molar-refractivity contribution in [3.8, 4) is 0 Å².